The third-order valence-electron chi connectivity index (χ3n) is 0.390. The summed E-state index contributed by atoms with van der Waals surface area (Å²) < 4.78 is 0. The molecule has 9 heavy (non-hydrogen) atoms. The smallest absolute Gasteiger partial charge is 0.320 e. The van der Waals surface area contributed by atoms with E-state index in [-0.39, 0.29) is 0 Å². The summed E-state index contributed by atoms with van der Waals surface area (Å²) >= 11 is 0. The highest BCUT2D eigenvalue weighted by molar-refractivity contribution is 5.72. The fourth-order valence-electron chi connectivity index (χ4n) is 0. The quantitative estimate of drug-likeness (QED) is 0.520. The Hall–Kier alpha value is -1.08. The molecule has 0 aliphatic rings. The Labute approximate surface area is 53.9 Å². The number of hydrogen-bond acceptors (Lipinski definition) is 3. The Morgan fingerprint density at radius 2 is 2.00 bits per heavy atom. The van der Waals surface area contributed by atoms with Gasteiger partial charge in [-0.1, -0.05) is 0 Å². The normalized spacial score (nSPS) is 10.0. The average Bonchev–Trinajstić information content (AvgIpc) is 1.68. The predicted octanol–water partition coefficient (Wildman–Crippen LogP) is -0.0519. The lowest BCUT2D eigenvalue weighted by Crippen LogP contribution is -2.25. The summed E-state index contributed by atoms with van der Waals surface area (Å²) in [6.45, 7) is 2.85. The van der Waals surface area contributed by atoms with Crippen LogP contribution in [-0.2, 0) is 4.79 Å². The summed E-state index contributed by atoms with van der Waals surface area (Å²) in [4.78, 5) is 9.57. The zero-order valence-corrected chi connectivity index (χ0v) is 5.46. The highest BCUT2D eigenvalue weighted by Gasteiger charge is 1.99. The lowest BCUT2D eigenvalue weighted by Gasteiger charge is -1.90. The van der Waals surface area contributed by atoms with E-state index in [1.807, 2.05) is 0 Å². The van der Waals surface area contributed by atoms with E-state index in [2.05, 4.69) is 0 Å². The molecular formula is C5H10N2O2. The first-order chi connectivity index (χ1) is 4.06. The van der Waals surface area contributed by atoms with E-state index >= 15 is 0 Å². The molecule has 0 fully saturated rings. The number of aliphatic carboxylic acids is 1. The monoisotopic (exact) mass is 130 g/mol. The van der Waals surface area contributed by atoms with Gasteiger partial charge in [-0.3, -0.25) is 4.79 Å². The van der Waals surface area contributed by atoms with E-state index in [1.54, 1.807) is 6.07 Å². The van der Waals surface area contributed by atoms with E-state index in [9.17, 15) is 4.79 Å². The number of carbonyl (C=O) groups is 1. The molecule has 52 valence electrons. The van der Waals surface area contributed by atoms with Crippen LogP contribution >= 0.6 is 0 Å². The SMILES string of the molecule is CC#N.CC(N)C(=O)O. The molecule has 0 saturated carbocycles. The number of nitriles is 1. The van der Waals surface area contributed by atoms with Crippen molar-refractivity contribution in [1.29, 1.82) is 5.26 Å². The first-order valence-corrected chi connectivity index (χ1v) is 2.35. The molecular weight excluding hydrogens is 120 g/mol. The van der Waals surface area contributed by atoms with Crippen LogP contribution in [-0.4, -0.2) is 17.1 Å². The van der Waals surface area contributed by atoms with Gasteiger partial charge in [0.15, 0.2) is 0 Å². The molecule has 0 aromatic rings. The van der Waals surface area contributed by atoms with Gasteiger partial charge in [0.05, 0.1) is 6.07 Å². The van der Waals surface area contributed by atoms with Crippen molar-refractivity contribution in [2.45, 2.75) is 19.9 Å². The molecule has 1 atom stereocenters. The largest absolute Gasteiger partial charge is 0.480 e. The van der Waals surface area contributed by atoms with Gasteiger partial charge in [-0.2, -0.15) is 5.26 Å². The fourth-order valence-corrected chi connectivity index (χ4v) is 0. The third-order valence-corrected chi connectivity index (χ3v) is 0.390. The average molecular weight is 130 g/mol. The predicted molar refractivity (Wildman–Crippen MR) is 32.6 cm³/mol. The number of rotatable bonds is 1. The molecule has 0 heterocycles. The second-order valence-electron chi connectivity index (χ2n) is 1.35. The maximum Gasteiger partial charge on any atom is 0.320 e. The van der Waals surface area contributed by atoms with Gasteiger partial charge >= 0.3 is 5.97 Å². The maximum absolute atomic E-state index is 9.57. The number of nitrogens with two attached hydrogens (primary N) is 1. The lowest BCUT2D eigenvalue weighted by atomic mass is 10.4. The molecule has 0 rings (SSSR count). The summed E-state index contributed by atoms with van der Waals surface area (Å²) in [7, 11) is 0. The van der Waals surface area contributed by atoms with Crippen LogP contribution in [0.25, 0.3) is 0 Å². The van der Waals surface area contributed by atoms with Crippen LogP contribution in [0.4, 0.5) is 0 Å². The molecule has 0 aromatic carbocycles. The standard InChI is InChI=1S/C3H7NO2.C2H3N/c1-2(4)3(5)6;1-2-3/h2H,4H2,1H3,(H,5,6);1H3. The molecule has 0 aliphatic carbocycles. The molecule has 4 nitrogen and oxygen atoms in total. The van der Waals surface area contributed by atoms with Gasteiger partial charge < -0.3 is 10.8 Å². The summed E-state index contributed by atoms with van der Waals surface area (Å²) in [5.74, 6) is -0.963. The molecule has 1 unspecified atom stereocenters. The molecule has 0 saturated heterocycles. The molecule has 0 spiro atoms. The third kappa shape index (κ3) is 19.6. The van der Waals surface area contributed by atoms with Crippen LogP contribution in [0.15, 0.2) is 0 Å². The summed E-state index contributed by atoms with van der Waals surface area (Å²) in [6, 6.07) is 1.02. The molecule has 3 N–H and O–H groups in total. The summed E-state index contributed by atoms with van der Waals surface area (Å²) in [6.07, 6.45) is 0. The Morgan fingerprint density at radius 3 is 2.00 bits per heavy atom. The minimum absolute atomic E-state index is 0.731. The van der Waals surface area contributed by atoms with Gasteiger partial charge in [-0.05, 0) is 6.92 Å². The van der Waals surface area contributed by atoms with Crippen LogP contribution in [0.2, 0.25) is 0 Å². The second kappa shape index (κ2) is 6.92. The molecule has 0 aromatic heterocycles. The van der Waals surface area contributed by atoms with Crippen LogP contribution in [0.3, 0.4) is 0 Å². The van der Waals surface area contributed by atoms with Crippen LogP contribution < -0.4 is 5.73 Å². The number of nitrogens with zero attached hydrogens (tertiary/aromatic N) is 1. The first-order valence-electron chi connectivity index (χ1n) is 2.35. The Morgan fingerprint density at radius 1 is 1.89 bits per heavy atom. The fraction of sp³-hybridized carbons (Fsp3) is 0.600. The molecule has 0 aliphatic heterocycles. The number of carboxylic acid groups (broad SMARTS) is 1. The lowest BCUT2D eigenvalue weighted by molar-refractivity contribution is -0.138. The first kappa shape index (κ1) is 10.8. The Balaban J connectivity index is 0. The Bertz CT molecular complexity index is 115. The number of hydrogen-bond donors (Lipinski definition) is 2. The van der Waals surface area contributed by atoms with Gasteiger partial charge in [0, 0.05) is 6.92 Å². The van der Waals surface area contributed by atoms with Crippen molar-refractivity contribution in [3.8, 4) is 6.07 Å². The molecule has 4 heteroatoms. The van der Waals surface area contributed by atoms with Crippen LogP contribution in [0.1, 0.15) is 13.8 Å². The zero-order chi connectivity index (χ0) is 7.86. The summed E-state index contributed by atoms with van der Waals surface area (Å²) in [5.41, 5.74) is 4.84. The Kier molecular flexibility index (Phi) is 8.32. The van der Waals surface area contributed by atoms with E-state index in [1.165, 1.54) is 13.8 Å². The van der Waals surface area contributed by atoms with E-state index < -0.39 is 12.0 Å². The number of carboxylic acids is 1. The van der Waals surface area contributed by atoms with Gasteiger partial charge in [-0.25, -0.2) is 0 Å². The molecule has 0 bridgehead atoms. The van der Waals surface area contributed by atoms with Crippen molar-refractivity contribution in [1.82, 2.24) is 0 Å². The zero-order valence-electron chi connectivity index (χ0n) is 5.46. The van der Waals surface area contributed by atoms with Crippen molar-refractivity contribution < 1.29 is 9.90 Å². The summed E-state index contributed by atoms with van der Waals surface area (Å²) in [5, 5.41) is 15.2. The minimum atomic E-state index is -0.963. The molecule has 0 amide bonds. The maximum atomic E-state index is 9.57. The highest BCUT2D eigenvalue weighted by Crippen LogP contribution is 1.68. The molecule has 0 radical (unpaired) electrons. The van der Waals surface area contributed by atoms with Crippen LogP contribution in [0.5, 0.6) is 0 Å². The van der Waals surface area contributed by atoms with Gasteiger partial charge in [0.2, 0.25) is 0 Å². The van der Waals surface area contributed by atoms with E-state index in [4.69, 9.17) is 16.1 Å². The van der Waals surface area contributed by atoms with Crippen LogP contribution in [0, 0.1) is 11.3 Å². The minimum Gasteiger partial charge on any atom is -0.480 e. The topological polar surface area (TPSA) is 87.1 Å². The van der Waals surface area contributed by atoms with Crippen molar-refractivity contribution >= 4 is 5.97 Å². The van der Waals surface area contributed by atoms with Gasteiger partial charge in [0.1, 0.15) is 6.04 Å². The second-order valence-corrected chi connectivity index (χ2v) is 1.35. The van der Waals surface area contributed by atoms with Crippen molar-refractivity contribution in [3.05, 3.63) is 0 Å². The van der Waals surface area contributed by atoms with E-state index in [0.29, 0.717) is 0 Å². The van der Waals surface area contributed by atoms with E-state index in [0.717, 1.165) is 0 Å². The van der Waals surface area contributed by atoms with Crippen molar-refractivity contribution in [2.75, 3.05) is 0 Å². The van der Waals surface area contributed by atoms with Gasteiger partial charge in [-0.15, -0.1) is 0 Å². The highest BCUT2D eigenvalue weighted by atomic mass is 16.4. The van der Waals surface area contributed by atoms with Crippen molar-refractivity contribution in [2.24, 2.45) is 5.73 Å². The van der Waals surface area contributed by atoms with Gasteiger partial charge in [0.25, 0.3) is 0 Å². The van der Waals surface area contributed by atoms with Crippen molar-refractivity contribution in [3.63, 3.8) is 0 Å².